The summed E-state index contributed by atoms with van der Waals surface area (Å²) in [7, 11) is 0. The molecule has 2 aromatic carbocycles. The molecule has 1 heterocycles. The average Bonchev–Trinajstić information content (AvgIpc) is 3.41. The lowest BCUT2D eigenvalue weighted by Crippen LogP contribution is -2.20. The Kier molecular flexibility index (Phi) is 7.24. The highest BCUT2D eigenvalue weighted by Crippen LogP contribution is 2.44. The average molecular weight is 642 g/mol. The van der Waals surface area contributed by atoms with Crippen molar-refractivity contribution in [2.24, 2.45) is 0 Å². The molecule has 0 N–H and O–H groups in total. The van der Waals surface area contributed by atoms with E-state index in [0.717, 1.165) is 41.6 Å². The summed E-state index contributed by atoms with van der Waals surface area (Å²) in [6.07, 6.45) is 0.322. The molecule has 1 aliphatic heterocycles. The van der Waals surface area contributed by atoms with E-state index in [1.165, 1.54) is 5.56 Å². The van der Waals surface area contributed by atoms with E-state index < -0.39 is 0 Å². The molecule has 0 amide bonds. The molecule has 3 rings (SSSR count). The second kappa shape index (κ2) is 8.96. The van der Waals surface area contributed by atoms with Crippen LogP contribution in [-0.2, 0) is 10.2 Å². The molecule has 1 unspecified atom stereocenters. The largest absolute Gasteiger partial charge is 0.489 e. The normalized spacial score (nSPS) is 16.4. The van der Waals surface area contributed by atoms with Crippen molar-refractivity contribution in [2.45, 2.75) is 45.3 Å². The summed E-state index contributed by atoms with van der Waals surface area (Å²) < 4.78 is 20.8. The third-order valence-corrected chi connectivity index (χ3v) is 6.97. The zero-order valence-electron chi connectivity index (χ0n) is 16.1. The van der Waals surface area contributed by atoms with Crippen molar-refractivity contribution in [1.82, 2.24) is 0 Å². The Hall–Kier alpha value is -0.0800. The van der Waals surface area contributed by atoms with Gasteiger partial charge in [-0.05, 0) is 113 Å². The first kappa shape index (κ1) is 22.6. The zero-order valence-corrected chi connectivity index (χ0v) is 22.5. The monoisotopic (exact) mass is 638 g/mol. The second-order valence-corrected chi connectivity index (χ2v) is 11.0. The van der Waals surface area contributed by atoms with Gasteiger partial charge in [0.05, 0.1) is 30.6 Å². The standard InChI is InChI=1S/C21H22Br4O3/c1-11(2)28-20-17(24)7-13(8-18(20)25)21(3,4)12-5-15(22)19(16(23)6-12)27-10-14-9-26-14/h5-8,11,14H,9-10H2,1-4H3. The zero-order chi connectivity index (χ0) is 20.6. The molecule has 1 aliphatic rings. The van der Waals surface area contributed by atoms with E-state index in [1.54, 1.807) is 0 Å². The lowest BCUT2D eigenvalue weighted by Gasteiger charge is -2.28. The lowest BCUT2D eigenvalue weighted by molar-refractivity contribution is 0.239. The van der Waals surface area contributed by atoms with Gasteiger partial charge in [-0.2, -0.15) is 0 Å². The fourth-order valence-corrected chi connectivity index (χ4v) is 5.62. The summed E-state index contributed by atoms with van der Waals surface area (Å²) in [5, 5.41) is 0. The van der Waals surface area contributed by atoms with Crippen molar-refractivity contribution >= 4 is 63.7 Å². The predicted molar refractivity (Wildman–Crippen MR) is 127 cm³/mol. The van der Waals surface area contributed by atoms with Crippen molar-refractivity contribution < 1.29 is 14.2 Å². The predicted octanol–water partition coefficient (Wildman–Crippen LogP) is 7.63. The molecule has 7 heteroatoms. The summed E-state index contributed by atoms with van der Waals surface area (Å²) in [5.41, 5.74) is 2.10. The Morgan fingerprint density at radius 3 is 1.75 bits per heavy atom. The third-order valence-electron chi connectivity index (χ3n) is 4.61. The minimum Gasteiger partial charge on any atom is -0.489 e. The highest BCUT2D eigenvalue weighted by atomic mass is 79.9. The molecule has 0 aliphatic carbocycles. The molecule has 152 valence electrons. The van der Waals surface area contributed by atoms with Crippen molar-refractivity contribution in [3.63, 3.8) is 0 Å². The Bertz CT molecular complexity index is 830. The van der Waals surface area contributed by atoms with Crippen molar-refractivity contribution in [2.75, 3.05) is 13.2 Å². The van der Waals surface area contributed by atoms with Gasteiger partial charge >= 0.3 is 0 Å². The van der Waals surface area contributed by atoms with Crippen molar-refractivity contribution in [1.29, 1.82) is 0 Å². The van der Waals surface area contributed by atoms with Crippen LogP contribution in [0.5, 0.6) is 11.5 Å². The molecule has 0 aromatic heterocycles. The fourth-order valence-electron chi connectivity index (χ4n) is 2.83. The van der Waals surface area contributed by atoms with Crippen LogP contribution in [0, 0.1) is 0 Å². The van der Waals surface area contributed by atoms with Gasteiger partial charge < -0.3 is 14.2 Å². The SMILES string of the molecule is CC(C)Oc1c(Br)cc(C(C)(C)c2cc(Br)c(OCC3CO3)c(Br)c2)cc1Br. The van der Waals surface area contributed by atoms with Gasteiger partial charge in [-0.25, -0.2) is 0 Å². The lowest BCUT2D eigenvalue weighted by atomic mass is 9.78. The maximum Gasteiger partial charge on any atom is 0.148 e. The molecule has 0 saturated carbocycles. The van der Waals surface area contributed by atoms with Crippen LogP contribution in [0.3, 0.4) is 0 Å². The molecule has 28 heavy (non-hydrogen) atoms. The number of halogens is 4. The molecule has 1 atom stereocenters. The number of benzene rings is 2. The van der Waals surface area contributed by atoms with Gasteiger partial charge in [0.1, 0.15) is 24.2 Å². The first-order chi connectivity index (χ1) is 13.1. The van der Waals surface area contributed by atoms with Gasteiger partial charge in [-0.15, -0.1) is 0 Å². The number of rotatable bonds is 7. The first-order valence-corrected chi connectivity index (χ1v) is 12.2. The molecule has 1 saturated heterocycles. The van der Waals surface area contributed by atoms with Crippen LogP contribution in [-0.4, -0.2) is 25.4 Å². The van der Waals surface area contributed by atoms with Crippen LogP contribution in [0.25, 0.3) is 0 Å². The van der Waals surface area contributed by atoms with Crippen LogP contribution >= 0.6 is 63.7 Å². The second-order valence-electron chi connectivity index (χ2n) is 7.60. The van der Waals surface area contributed by atoms with Gasteiger partial charge in [0.15, 0.2) is 0 Å². The molecule has 0 radical (unpaired) electrons. The maximum absolute atomic E-state index is 5.92. The van der Waals surface area contributed by atoms with Gasteiger partial charge in [-0.1, -0.05) is 13.8 Å². The van der Waals surface area contributed by atoms with Gasteiger partial charge in [0.2, 0.25) is 0 Å². The number of epoxide rings is 1. The summed E-state index contributed by atoms with van der Waals surface area (Å²) in [4.78, 5) is 0. The summed E-state index contributed by atoms with van der Waals surface area (Å²) in [6.45, 7) is 9.79. The van der Waals surface area contributed by atoms with E-state index in [0.29, 0.717) is 6.61 Å². The van der Waals surface area contributed by atoms with Crippen LogP contribution in [0.15, 0.2) is 42.2 Å². The summed E-state index contributed by atoms with van der Waals surface area (Å²) in [5.74, 6) is 1.63. The van der Waals surface area contributed by atoms with Crippen LogP contribution in [0.1, 0.15) is 38.8 Å². The molecular weight excluding hydrogens is 620 g/mol. The smallest absolute Gasteiger partial charge is 0.148 e. The Morgan fingerprint density at radius 2 is 1.36 bits per heavy atom. The quantitative estimate of drug-likeness (QED) is 0.292. The molecule has 0 bridgehead atoms. The Labute approximate surface area is 200 Å². The van der Waals surface area contributed by atoms with Crippen LogP contribution in [0.4, 0.5) is 0 Å². The first-order valence-electron chi connectivity index (χ1n) is 8.99. The van der Waals surface area contributed by atoms with Crippen LogP contribution in [0.2, 0.25) is 0 Å². The highest BCUT2D eigenvalue weighted by Gasteiger charge is 2.28. The Balaban J connectivity index is 1.93. The number of hydrogen-bond acceptors (Lipinski definition) is 3. The van der Waals surface area contributed by atoms with Gasteiger partial charge in [0.25, 0.3) is 0 Å². The third kappa shape index (κ3) is 5.15. The maximum atomic E-state index is 5.92. The highest BCUT2D eigenvalue weighted by molar-refractivity contribution is 9.11. The van der Waals surface area contributed by atoms with E-state index in [4.69, 9.17) is 14.2 Å². The van der Waals surface area contributed by atoms with Gasteiger partial charge in [0, 0.05) is 5.41 Å². The number of hydrogen-bond donors (Lipinski definition) is 0. The molecular formula is C21H22Br4O3. The summed E-state index contributed by atoms with van der Waals surface area (Å²) >= 11 is 14.7. The Morgan fingerprint density at radius 1 is 0.929 bits per heavy atom. The minimum atomic E-state index is -0.232. The topological polar surface area (TPSA) is 31.0 Å². The van der Waals surface area contributed by atoms with E-state index in [9.17, 15) is 0 Å². The van der Waals surface area contributed by atoms with Crippen LogP contribution < -0.4 is 9.47 Å². The minimum absolute atomic E-state index is 0.104. The summed E-state index contributed by atoms with van der Waals surface area (Å²) in [6, 6.07) is 8.49. The van der Waals surface area contributed by atoms with E-state index >= 15 is 0 Å². The molecule has 1 fully saturated rings. The van der Waals surface area contributed by atoms with E-state index in [-0.39, 0.29) is 17.6 Å². The van der Waals surface area contributed by atoms with Gasteiger partial charge in [-0.3, -0.25) is 0 Å². The number of ether oxygens (including phenoxy) is 3. The van der Waals surface area contributed by atoms with E-state index in [1.807, 2.05) is 13.8 Å². The molecule has 2 aromatic rings. The molecule has 3 nitrogen and oxygen atoms in total. The van der Waals surface area contributed by atoms with Crippen molar-refractivity contribution in [3.05, 3.63) is 53.3 Å². The molecule has 0 spiro atoms. The fraction of sp³-hybridized carbons (Fsp3) is 0.429. The van der Waals surface area contributed by atoms with Crippen molar-refractivity contribution in [3.8, 4) is 11.5 Å². The van der Waals surface area contributed by atoms with E-state index in [2.05, 4.69) is 102 Å².